The molecule has 2 saturated heterocycles. The Balaban J connectivity index is 1.30. The van der Waals surface area contributed by atoms with Crippen molar-refractivity contribution in [3.05, 3.63) is 70.3 Å². The molecule has 15 heteroatoms. The van der Waals surface area contributed by atoms with E-state index in [1.54, 1.807) is 42.7 Å². The molecular weight excluding hydrogens is 608 g/mol. The van der Waals surface area contributed by atoms with Crippen LogP contribution < -0.4 is 15.6 Å². The number of anilines is 1. The van der Waals surface area contributed by atoms with E-state index in [4.69, 9.17) is 26.1 Å². The lowest BCUT2D eigenvalue weighted by molar-refractivity contribution is -0.730. The van der Waals surface area contributed by atoms with E-state index >= 15 is 0 Å². The number of halogens is 1. The summed E-state index contributed by atoms with van der Waals surface area (Å²) in [5.74, 6) is 0.676. The van der Waals surface area contributed by atoms with Crippen LogP contribution in [0, 0.1) is 0 Å². The molecule has 5 aromatic rings. The molecule has 7 rings (SSSR count). The summed E-state index contributed by atoms with van der Waals surface area (Å²) in [6.07, 6.45) is 3.28. The summed E-state index contributed by atoms with van der Waals surface area (Å²) in [7, 11) is 1.50. The van der Waals surface area contributed by atoms with Crippen molar-refractivity contribution in [2.24, 2.45) is 0 Å². The van der Waals surface area contributed by atoms with Gasteiger partial charge in [0.15, 0.2) is 18.3 Å². The van der Waals surface area contributed by atoms with Crippen molar-refractivity contribution < 1.29 is 23.5 Å². The number of nitrogens with one attached hydrogen (secondary N) is 2. The quantitative estimate of drug-likeness (QED) is 0.0881. The van der Waals surface area contributed by atoms with Gasteiger partial charge in [-0.1, -0.05) is 36.4 Å². The van der Waals surface area contributed by atoms with E-state index in [0.717, 1.165) is 0 Å². The van der Waals surface area contributed by atoms with Crippen LogP contribution in [0.15, 0.2) is 58.9 Å². The molecule has 0 spiro atoms. The average molecular weight is 634 g/mol. The van der Waals surface area contributed by atoms with Crippen LogP contribution >= 0.6 is 23.4 Å². The van der Waals surface area contributed by atoms with Crippen LogP contribution in [-0.2, 0) is 15.3 Å². The van der Waals surface area contributed by atoms with Crippen LogP contribution in [0.2, 0.25) is 5.02 Å². The molecule has 3 atom stereocenters. The Morgan fingerprint density at radius 1 is 1.23 bits per heavy atom. The minimum atomic E-state index is -0.503. The molecule has 3 unspecified atom stereocenters. The van der Waals surface area contributed by atoms with Gasteiger partial charge in [-0.25, -0.2) is 34.0 Å². The Labute approximate surface area is 259 Å². The Bertz CT molecular complexity index is 2030. The van der Waals surface area contributed by atoms with E-state index in [9.17, 15) is 14.4 Å². The molecule has 0 radical (unpaired) electrons. The fourth-order valence-corrected chi connectivity index (χ4v) is 6.77. The Hall–Kier alpha value is -4.53. The third kappa shape index (κ3) is 4.66. The number of fused-ring (bicyclic) bond motifs is 3. The van der Waals surface area contributed by atoms with E-state index < -0.39 is 11.6 Å². The number of ether oxygens (including phenoxy) is 2. The van der Waals surface area contributed by atoms with Gasteiger partial charge < -0.3 is 14.5 Å². The van der Waals surface area contributed by atoms with Gasteiger partial charge in [-0.3, -0.25) is 14.7 Å². The fourth-order valence-electron chi connectivity index (χ4n) is 5.65. The summed E-state index contributed by atoms with van der Waals surface area (Å²) < 4.78 is 12.6. The normalized spacial score (nSPS) is 20.8. The standard InChI is InChI=1S/C29H25ClN8O5S/c1-3-16-10-38(11-20(38)28(40)43-16)29(41)35-15-7-8-21(42-2)19(9-15)37-22(36-18-6-4-5-17(30)23(18)27(37)39)12-44-26-24-25(32-13-31-24)33-14-34-26/h4-9,13-14,16,20H,3,10-12H2,1-2H3,(H-,31,32,33,34,35,41)/p+1. The molecule has 2 amide bonds. The maximum Gasteiger partial charge on any atom is 0.422 e. The van der Waals surface area contributed by atoms with Crippen LogP contribution in [0.4, 0.5) is 10.5 Å². The molecule has 224 valence electrons. The molecule has 2 aliphatic rings. The summed E-state index contributed by atoms with van der Waals surface area (Å²) >= 11 is 7.86. The first-order chi connectivity index (χ1) is 21.3. The molecule has 0 saturated carbocycles. The van der Waals surface area contributed by atoms with Crippen LogP contribution in [0.25, 0.3) is 27.8 Å². The van der Waals surface area contributed by atoms with Crippen molar-refractivity contribution in [1.29, 1.82) is 0 Å². The number of amides is 2. The summed E-state index contributed by atoms with van der Waals surface area (Å²) in [6.45, 7) is 2.73. The second-order valence-corrected chi connectivity index (χ2v) is 11.9. The highest BCUT2D eigenvalue weighted by atomic mass is 35.5. The van der Waals surface area contributed by atoms with Crippen LogP contribution in [0.3, 0.4) is 0 Å². The van der Waals surface area contributed by atoms with E-state index in [1.807, 2.05) is 6.92 Å². The summed E-state index contributed by atoms with van der Waals surface area (Å²) in [5, 5.41) is 4.11. The molecule has 2 fully saturated rings. The number of rotatable bonds is 7. The number of thioether (sulfide) groups is 1. The Morgan fingerprint density at radius 3 is 2.91 bits per heavy atom. The zero-order valence-corrected chi connectivity index (χ0v) is 25.2. The number of carbonyl (C=O) groups excluding carboxylic acids is 2. The molecule has 2 aliphatic heterocycles. The van der Waals surface area contributed by atoms with Crippen molar-refractivity contribution in [2.75, 3.05) is 25.5 Å². The number of hydrogen-bond donors (Lipinski definition) is 2. The van der Waals surface area contributed by atoms with E-state index in [0.29, 0.717) is 64.2 Å². The van der Waals surface area contributed by atoms with Gasteiger partial charge >= 0.3 is 12.0 Å². The second-order valence-electron chi connectivity index (χ2n) is 10.6. The number of nitrogens with zero attached hydrogens (tertiary/aromatic N) is 6. The smallest absolute Gasteiger partial charge is 0.422 e. The van der Waals surface area contributed by atoms with E-state index in [2.05, 4.69) is 25.3 Å². The Morgan fingerprint density at radius 2 is 2.09 bits per heavy atom. The Kier molecular flexibility index (Phi) is 6.98. The third-order valence-corrected chi connectivity index (χ3v) is 9.32. The minimum Gasteiger partial charge on any atom is -0.495 e. The molecule has 2 N–H and O–H groups in total. The average Bonchev–Trinajstić information content (AvgIpc) is 3.59. The van der Waals surface area contributed by atoms with E-state index in [-0.39, 0.29) is 38.7 Å². The fraction of sp³-hybridized carbons (Fsp3) is 0.276. The zero-order chi connectivity index (χ0) is 30.6. The number of aromatic nitrogens is 6. The number of esters is 1. The first kappa shape index (κ1) is 28.3. The van der Waals surface area contributed by atoms with Crippen molar-refractivity contribution in [2.45, 2.75) is 36.3 Å². The first-order valence-electron chi connectivity index (χ1n) is 13.9. The number of quaternary nitrogens is 1. The number of imidazole rings is 1. The molecule has 5 heterocycles. The summed E-state index contributed by atoms with van der Waals surface area (Å²) in [4.78, 5) is 60.7. The van der Waals surface area contributed by atoms with Gasteiger partial charge in [0.05, 0.1) is 40.8 Å². The molecule has 0 bridgehead atoms. The van der Waals surface area contributed by atoms with Gasteiger partial charge in [-0.15, -0.1) is 0 Å². The lowest BCUT2D eigenvalue weighted by Gasteiger charge is -2.27. The highest BCUT2D eigenvalue weighted by Gasteiger charge is 2.69. The first-order valence-corrected chi connectivity index (χ1v) is 15.2. The number of aromatic amines is 1. The highest BCUT2D eigenvalue weighted by Crippen LogP contribution is 2.39. The van der Waals surface area contributed by atoms with Gasteiger partial charge in [-0.2, -0.15) is 0 Å². The predicted molar refractivity (Wildman–Crippen MR) is 163 cm³/mol. The van der Waals surface area contributed by atoms with Crippen molar-refractivity contribution >= 4 is 63.1 Å². The van der Waals surface area contributed by atoms with Gasteiger partial charge in [-0.05, 0) is 36.8 Å². The lowest BCUT2D eigenvalue weighted by Crippen LogP contribution is -2.51. The predicted octanol–water partition coefficient (Wildman–Crippen LogP) is 4.07. The van der Waals surface area contributed by atoms with Crippen molar-refractivity contribution in [1.82, 2.24) is 29.5 Å². The number of morpholine rings is 1. The molecule has 2 aromatic carbocycles. The number of hydrogen-bond acceptors (Lipinski definition) is 10. The molecule has 13 nitrogen and oxygen atoms in total. The number of H-pyrrole nitrogens is 1. The van der Waals surface area contributed by atoms with Gasteiger partial charge in [0, 0.05) is 5.69 Å². The topological polar surface area (TPSA) is 154 Å². The second kappa shape index (κ2) is 10.9. The number of methoxy groups -OCH3 is 1. The number of cyclic esters (lactones) is 1. The minimum absolute atomic E-state index is 0.00527. The maximum atomic E-state index is 14.2. The number of benzene rings is 2. The number of carbonyl (C=O) groups is 2. The largest absolute Gasteiger partial charge is 0.495 e. The van der Waals surface area contributed by atoms with Crippen LogP contribution in [0.1, 0.15) is 19.2 Å². The van der Waals surface area contributed by atoms with Gasteiger partial charge in [0.2, 0.25) is 6.04 Å². The van der Waals surface area contributed by atoms with Gasteiger partial charge in [0.25, 0.3) is 5.56 Å². The third-order valence-electron chi connectivity index (χ3n) is 8.02. The summed E-state index contributed by atoms with van der Waals surface area (Å²) in [5.41, 5.74) is 2.03. The van der Waals surface area contributed by atoms with Gasteiger partial charge in [0.1, 0.15) is 35.0 Å². The van der Waals surface area contributed by atoms with Crippen LogP contribution in [-0.4, -0.2) is 78.3 Å². The highest BCUT2D eigenvalue weighted by molar-refractivity contribution is 7.98. The lowest BCUT2D eigenvalue weighted by atomic mass is 10.2. The summed E-state index contributed by atoms with van der Waals surface area (Å²) in [6, 6.07) is 9.31. The van der Waals surface area contributed by atoms with Crippen LogP contribution in [0.5, 0.6) is 5.75 Å². The van der Waals surface area contributed by atoms with Crippen molar-refractivity contribution in [3.63, 3.8) is 0 Å². The maximum absolute atomic E-state index is 14.2. The number of urea groups is 1. The van der Waals surface area contributed by atoms with Crippen molar-refractivity contribution in [3.8, 4) is 11.4 Å². The monoisotopic (exact) mass is 633 g/mol. The van der Waals surface area contributed by atoms with E-state index in [1.165, 1.54) is 29.8 Å². The SMILES string of the molecule is CCC1C[N+]2(C(=O)Nc3ccc(OC)c(-n4c(CSc5ncnc6nc[nH]c56)nc5cccc(Cl)c5c4=O)c3)CC2C(=O)O1. The molecular formula is C29H26ClN8O5S+. The molecule has 44 heavy (non-hydrogen) atoms. The molecule has 0 aliphatic carbocycles. The zero-order valence-electron chi connectivity index (χ0n) is 23.6. The molecule has 3 aromatic heterocycles.